The molecule has 7 heteroatoms. The summed E-state index contributed by atoms with van der Waals surface area (Å²) in [4.78, 5) is 13.4. The van der Waals surface area contributed by atoms with E-state index in [0.29, 0.717) is 5.88 Å². The zero-order valence-corrected chi connectivity index (χ0v) is 14.1. The Labute approximate surface area is 141 Å². The Morgan fingerprint density at radius 1 is 1.08 bits per heavy atom. The van der Waals surface area contributed by atoms with Gasteiger partial charge in [0.25, 0.3) is 0 Å². The number of ether oxygens (including phenoxy) is 1. The molecule has 2 aromatic heterocycles. The molecular weight excluding hydrogens is 304 g/mol. The molecule has 1 N–H and O–H groups in total. The molecule has 1 aliphatic carbocycles. The fourth-order valence-electron chi connectivity index (χ4n) is 3.61. The van der Waals surface area contributed by atoms with E-state index in [1.807, 2.05) is 11.6 Å². The summed E-state index contributed by atoms with van der Waals surface area (Å²) in [7, 11) is 0. The fraction of sp³-hybridized carbons (Fsp3) is 0.647. The standard InChI is InChI=1S/C17H24N6O/c1-12-19-17-14(8-5-9-23(17)22-12)20-15-10-18-11-16(21-15)24-13-6-3-2-4-7-13/h10-11,13-14H,2-9H2,1H3,(H,20,21). The Morgan fingerprint density at radius 3 is 2.83 bits per heavy atom. The minimum absolute atomic E-state index is 0.124. The van der Waals surface area contributed by atoms with E-state index in [2.05, 4.69) is 25.4 Å². The molecule has 1 fully saturated rings. The van der Waals surface area contributed by atoms with Crippen LogP contribution < -0.4 is 10.1 Å². The van der Waals surface area contributed by atoms with Gasteiger partial charge in [0, 0.05) is 6.54 Å². The van der Waals surface area contributed by atoms with Gasteiger partial charge in [0.05, 0.1) is 18.4 Å². The Kier molecular flexibility index (Phi) is 4.32. The molecule has 0 aromatic carbocycles. The van der Waals surface area contributed by atoms with Crippen molar-refractivity contribution in [2.75, 3.05) is 5.32 Å². The summed E-state index contributed by atoms with van der Waals surface area (Å²) in [6.45, 7) is 2.87. The average Bonchev–Trinajstić information content (AvgIpc) is 2.98. The summed E-state index contributed by atoms with van der Waals surface area (Å²) >= 11 is 0. The SMILES string of the molecule is Cc1nc2n(n1)CCCC2Nc1cncc(OC2CCCCC2)n1. The van der Waals surface area contributed by atoms with Crippen molar-refractivity contribution in [3.63, 3.8) is 0 Å². The lowest BCUT2D eigenvalue weighted by Crippen LogP contribution is -2.23. The van der Waals surface area contributed by atoms with Crippen LogP contribution in [0.5, 0.6) is 5.88 Å². The van der Waals surface area contributed by atoms with E-state index in [4.69, 9.17) is 4.74 Å². The van der Waals surface area contributed by atoms with Crippen LogP contribution in [0.25, 0.3) is 0 Å². The minimum atomic E-state index is 0.124. The number of nitrogens with zero attached hydrogens (tertiary/aromatic N) is 5. The Bertz CT molecular complexity index is 694. The van der Waals surface area contributed by atoms with E-state index >= 15 is 0 Å². The van der Waals surface area contributed by atoms with Gasteiger partial charge in [-0.1, -0.05) is 6.42 Å². The molecule has 0 amide bonds. The van der Waals surface area contributed by atoms with Gasteiger partial charge in [0.1, 0.15) is 23.6 Å². The third-order valence-electron chi connectivity index (χ3n) is 4.75. The van der Waals surface area contributed by atoms with E-state index < -0.39 is 0 Å². The number of nitrogens with one attached hydrogen (secondary N) is 1. The normalized spacial score (nSPS) is 21.3. The molecule has 2 aliphatic rings. The van der Waals surface area contributed by atoms with Crippen LogP contribution in [0.2, 0.25) is 0 Å². The van der Waals surface area contributed by atoms with E-state index in [1.54, 1.807) is 12.4 Å². The molecule has 1 saturated carbocycles. The van der Waals surface area contributed by atoms with E-state index in [9.17, 15) is 0 Å². The largest absolute Gasteiger partial charge is 0.473 e. The second kappa shape index (κ2) is 6.75. The first-order valence-corrected chi connectivity index (χ1v) is 8.94. The van der Waals surface area contributed by atoms with E-state index in [1.165, 1.54) is 19.3 Å². The van der Waals surface area contributed by atoms with Crippen molar-refractivity contribution in [3.05, 3.63) is 24.0 Å². The first kappa shape index (κ1) is 15.4. The average molecular weight is 328 g/mol. The summed E-state index contributed by atoms with van der Waals surface area (Å²) < 4.78 is 8.00. The number of hydrogen-bond acceptors (Lipinski definition) is 6. The molecule has 24 heavy (non-hydrogen) atoms. The highest BCUT2D eigenvalue weighted by Crippen LogP contribution is 2.27. The lowest BCUT2D eigenvalue weighted by molar-refractivity contribution is 0.148. The number of hydrogen-bond donors (Lipinski definition) is 1. The predicted molar refractivity (Wildman–Crippen MR) is 89.9 cm³/mol. The highest BCUT2D eigenvalue weighted by molar-refractivity contribution is 5.36. The second-order valence-electron chi connectivity index (χ2n) is 6.70. The van der Waals surface area contributed by atoms with Crippen LogP contribution in [0.1, 0.15) is 62.6 Å². The van der Waals surface area contributed by atoms with Gasteiger partial charge >= 0.3 is 0 Å². The maximum atomic E-state index is 6.01. The lowest BCUT2D eigenvalue weighted by atomic mass is 9.98. The highest BCUT2D eigenvalue weighted by atomic mass is 16.5. The van der Waals surface area contributed by atoms with Gasteiger partial charge in [-0.05, 0) is 45.4 Å². The fourth-order valence-corrected chi connectivity index (χ4v) is 3.61. The van der Waals surface area contributed by atoms with Gasteiger partial charge in [-0.3, -0.25) is 4.98 Å². The molecule has 128 valence electrons. The number of aryl methyl sites for hydroxylation is 2. The number of anilines is 1. The zero-order chi connectivity index (χ0) is 16.4. The number of rotatable bonds is 4. The summed E-state index contributed by atoms with van der Waals surface area (Å²) in [6.07, 6.45) is 11.9. The molecule has 1 atom stereocenters. The first-order chi connectivity index (χ1) is 11.8. The maximum absolute atomic E-state index is 6.01. The lowest BCUT2D eigenvalue weighted by Gasteiger charge is -2.24. The van der Waals surface area contributed by atoms with Gasteiger partial charge in [0.15, 0.2) is 0 Å². The summed E-state index contributed by atoms with van der Waals surface area (Å²) in [5, 5.41) is 7.89. The summed E-state index contributed by atoms with van der Waals surface area (Å²) in [6, 6.07) is 0.124. The molecule has 0 spiro atoms. The van der Waals surface area contributed by atoms with Crippen molar-refractivity contribution in [1.29, 1.82) is 0 Å². The van der Waals surface area contributed by atoms with Gasteiger partial charge in [0.2, 0.25) is 5.88 Å². The van der Waals surface area contributed by atoms with Crippen molar-refractivity contribution in [3.8, 4) is 5.88 Å². The minimum Gasteiger partial charge on any atom is -0.473 e. The van der Waals surface area contributed by atoms with Crippen LogP contribution in [-0.2, 0) is 6.54 Å². The molecule has 4 rings (SSSR count). The number of aromatic nitrogens is 5. The van der Waals surface area contributed by atoms with Crippen molar-refractivity contribution >= 4 is 5.82 Å². The van der Waals surface area contributed by atoms with Crippen molar-refractivity contribution < 1.29 is 4.74 Å². The third-order valence-corrected chi connectivity index (χ3v) is 4.75. The highest BCUT2D eigenvalue weighted by Gasteiger charge is 2.24. The Hall–Kier alpha value is -2.18. The van der Waals surface area contributed by atoms with Crippen LogP contribution in [0, 0.1) is 6.92 Å². The van der Waals surface area contributed by atoms with Gasteiger partial charge in [-0.15, -0.1) is 0 Å². The molecule has 0 bridgehead atoms. The van der Waals surface area contributed by atoms with Crippen molar-refractivity contribution in [2.45, 2.75) is 70.6 Å². The van der Waals surface area contributed by atoms with E-state index in [-0.39, 0.29) is 12.1 Å². The third kappa shape index (κ3) is 3.34. The molecule has 1 unspecified atom stereocenters. The topological polar surface area (TPSA) is 77.8 Å². The van der Waals surface area contributed by atoms with Crippen LogP contribution >= 0.6 is 0 Å². The quantitative estimate of drug-likeness (QED) is 0.929. The van der Waals surface area contributed by atoms with Crippen molar-refractivity contribution in [1.82, 2.24) is 24.7 Å². The smallest absolute Gasteiger partial charge is 0.234 e. The Balaban J connectivity index is 1.46. The second-order valence-corrected chi connectivity index (χ2v) is 6.70. The first-order valence-electron chi connectivity index (χ1n) is 8.94. The molecule has 0 radical (unpaired) electrons. The molecule has 1 aliphatic heterocycles. The van der Waals surface area contributed by atoms with Gasteiger partial charge in [-0.25, -0.2) is 9.67 Å². The van der Waals surface area contributed by atoms with Crippen LogP contribution in [0.3, 0.4) is 0 Å². The molecular formula is C17H24N6O. The van der Waals surface area contributed by atoms with Crippen LogP contribution in [0.4, 0.5) is 5.82 Å². The van der Waals surface area contributed by atoms with Crippen LogP contribution in [-0.4, -0.2) is 30.8 Å². The molecule has 3 heterocycles. The molecule has 7 nitrogen and oxygen atoms in total. The summed E-state index contributed by atoms with van der Waals surface area (Å²) in [5.74, 6) is 3.15. The summed E-state index contributed by atoms with van der Waals surface area (Å²) in [5.41, 5.74) is 0. The Morgan fingerprint density at radius 2 is 1.96 bits per heavy atom. The van der Waals surface area contributed by atoms with Gasteiger partial charge < -0.3 is 10.1 Å². The zero-order valence-electron chi connectivity index (χ0n) is 14.1. The maximum Gasteiger partial charge on any atom is 0.234 e. The number of fused-ring (bicyclic) bond motifs is 1. The monoisotopic (exact) mass is 328 g/mol. The molecule has 0 saturated heterocycles. The van der Waals surface area contributed by atoms with Crippen molar-refractivity contribution in [2.24, 2.45) is 0 Å². The van der Waals surface area contributed by atoms with Gasteiger partial charge in [-0.2, -0.15) is 10.1 Å². The van der Waals surface area contributed by atoms with Crippen LogP contribution in [0.15, 0.2) is 12.4 Å². The predicted octanol–water partition coefficient (Wildman–Crippen LogP) is 3.04. The van der Waals surface area contributed by atoms with E-state index in [0.717, 1.165) is 49.7 Å². The molecule has 2 aromatic rings.